The number of nitrogens with one attached hydrogen (secondary N) is 2. The molecule has 1 aromatic carbocycles. The zero-order valence-corrected chi connectivity index (χ0v) is 15.6. The zero-order valence-electron chi connectivity index (χ0n) is 14.0. The van der Waals surface area contributed by atoms with Crippen molar-refractivity contribution in [3.05, 3.63) is 52.6 Å². The largest absolute Gasteiger partial charge is 0.366 e. The highest BCUT2D eigenvalue weighted by Gasteiger charge is 2.14. The second-order valence-corrected chi connectivity index (χ2v) is 6.46. The Morgan fingerprint density at radius 3 is 2.35 bits per heavy atom. The molecule has 2 aromatic rings. The third kappa shape index (κ3) is 5.94. The van der Waals surface area contributed by atoms with Gasteiger partial charge in [-0.05, 0) is 47.2 Å². The Labute approximate surface area is 158 Å². The number of hydrogen-bond acceptors (Lipinski definition) is 5. The van der Waals surface area contributed by atoms with Crippen LogP contribution < -0.4 is 16.4 Å². The number of nitrogens with zero attached hydrogens (tertiary/aromatic N) is 2. The van der Waals surface area contributed by atoms with Crippen molar-refractivity contribution in [2.24, 2.45) is 5.73 Å². The summed E-state index contributed by atoms with van der Waals surface area (Å²) in [6.45, 7) is -0.0308. The number of halogens is 1. The number of likely N-dealkylation sites (N-methyl/N-ethyl adjacent to an activating group) is 1. The first kappa shape index (κ1) is 19.5. The van der Waals surface area contributed by atoms with E-state index in [4.69, 9.17) is 5.73 Å². The molecule has 0 saturated heterocycles. The number of aromatic nitrogens is 1. The average molecular weight is 420 g/mol. The van der Waals surface area contributed by atoms with Gasteiger partial charge >= 0.3 is 0 Å². The van der Waals surface area contributed by atoms with Crippen LogP contribution in [0.3, 0.4) is 0 Å². The minimum absolute atomic E-state index is 0.00261. The molecule has 0 bridgehead atoms. The van der Waals surface area contributed by atoms with Crippen LogP contribution in [-0.2, 0) is 9.59 Å². The van der Waals surface area contributed by atoms with Gasteiger partial charge in [0.25, 0.3) is 5.91 Å². The first-order valence-electron chi connectivity index (χ1n) is 7.64. The van der Waals surface area contributed by atoms with Crippen molar-refractivity contribution >= 4 is 45.2 Å². The van der Waals surface area contributed by atoms with E-state index in [0.717, 1.165) is 4.47 Å². The smallest absolute Gasteiger partial charge is 0.250 e. The van der Waals surface area contributed by atoms with E-state index in [1.807, 2.05) is 0 Å². The van der Waals surface area contributed by atoms with Gasteiger partial charge in [-0.25, -0.2) is 4.98 Å². The molecule has 0 unspecified atom stereocenters. The predicted molar refractivity (Wildman–Crippen MR) is 102 cm³/mol. The monoisotopic (exact) mass is 419 g/mol. The number of primary amides is 1. The maximum absolute atomic E-state index is 12.1. The van der Waals surface area contributed by atoms with Crippen LogP contribution in [0.4, 0.5) is 11.5 Å². The maximum atomic E-state index is 12.1. The number of benzene rings is 1. The third-order valence-corrected chi connectivity index (χ3v) is 3.76. The number of nitrogens with two attached hydrogens (primary N) is 1. The van der Waals surface area contributed by atoms with Crippen LogP contribution >= 0.6 is 15.9 Å². The van der Waals surface area contributed by atoms with Crippen LogP contribution in [0, 0.1) is 0 Å². The normalized spacial score (nSPS) is 10.4. The second kappa shape index (κ2) is 9.07. The van der Waals surface area contributed by atoms with Crippen LogP contribution in [0.25, 0.3) is 0 Å². The summed E-state index contributed by atoms with van der Waals surface area (Å²) in [6, 6.07) is 9.88. The van der Waals surface area contributed by atoms with E-state index in [1.54, 1.807) is 43.6 Å². The van der Waals surface area contributed by atoms with Crippen LogP contribution in [0.15, 0.2) is 47.1 Å². The Balaban J connectivity index is 1.86. The molecule has 1 heterocycles. The highest BCUT2D eigenvalue weighted by molar-refractivity contribution is 9.10. The van der Waals surface area contributed by atoms with Gasteiger partial charge < -0.3 is 16.4 Å². The lowest BCUT2D eigenvalue weighted by Gasteiger charge is -2.16. The molecule has 4 N–H and O–H groups in total. The van der Waals surface area contributed by atoms with Gasteiger partial charge in [0.2, 0.25) is 11.8 Å². The molecule has 136 valence electrons. The molecular formula is C17H18BrN5O3. The highest BCUT2D eigenvalue weighted by atomic mass is 79.9. The van der Waals surface area contributed by atoms with Crippen LogP contribution in [-0.4, -0.2) is 47.7 Å². The Morgan fingerprint density at radius 2 is 1.73 bits per heavy atom. The molecule has 0 fully saturated rings. The summed E-state index contributed by atoms with van der Waals surface area (Å²) in [4.78, 5) is 41.1. The van der Waals surface area contributed by atoms with Crippen molar-refractivity contribution in [3.8, 4) is 0 Å². The number of hydrogen-bond donors (Lipinski definition) is 3. The van der Waals surface area contributed by atoms with E-state index in [-0.39, 0.29) is 30.5 Å². The number of carbonyl (C=O) groups excluding carboxylic acids is 3. The average Bonchev–Trinajstić information content (AvgIpc) is 2.56. The molecule has 8 nitrogen and oxygen atoms in total. The van der Waals surface area contributed by atoms with Gasteiger partial charge in [0.15, 0.2) is 0 Å². The molecule has 26 heavy (non-hydrogen) atoms. The van der Waals surface area contributed by atoms with E-state index < -0.39 is 5.91 Å². The minimum atomic E-state index is -0.629. The van der Waals surface area contributed by atoms with Gasteiger partial charge in [0.05, 0.1) is 24.3 Å². The number of rotatable bonds is 7. The Morgan fingerprint density at radius 1 is 1.08 bits per heavy atom. The lowest BCUT2D eigenvalue weighted by atomic mass is 10.1. The molecule has 0 aliphatic heterocycles. The SMILES string of the molecule is CN(CC(=O)Nc1ccc(Br)cn1)CC(=O)Nc1ccccc1C(N)=O. The standard InChI is InChI=1S/C17H18BrN5O3/c1-23(10-16(25)22-14-7-6-11(18)8-20-14)9-15(24)21-13-5-3-2-4-12(13)17(19)26/h2-8H,9-10H2,1H3,(H2,19,26)(H,21,24)(H,20,22,25). The Kier molecular flexibility index (Phi) is 6.81. The molecule has 0 aliphatic rings. The maximum Gasteiger partial charge on any atom is 0.250 e. The number of para-hydroxylation sites is 1. The second-order valence-electron chi connectivity index (χ2n) is 5.54. The fourth-order valence-electron chi connectivity index (χ4n) is 2.18. The number of amides is 3. The first-order chi connectivity index (χ1) is 12.3. The summed E-state index contributed by atoms with van der Waals surface area (Å²) in [5, 5.41) is 5.26. The molecule has 0 spiro atoms. The zero-order chi connectivity index (χ0) is 19.1. The lowest BCUT2D eigenvalue weighted by molar-refractivity contribution is -0.119. The van der Waals surface area contributed by atoms with Crippen molar-refractivity contribution in [1.82, 2.24) is 9.88 Å². The number of carbonyl (C=O) groups is 3. The van der Waals surface area contributed by atoms with E-state index in [0.29, 0.717) is 11.5 Å². The summed E-state index contributed by atoms with van der Waals surface area (Å²) in [6.07, 6.45) is 1.57. The van der Waals surface area contributed by atoms with E-state index in [1.165, 1.54) is 11.0 Å². The van der Waals surface area contributed by atoms with Crippen LogP contribution in [0.1, 0.15) is 10.4 Å². The van der Waals surface area contributed by atoms with Crippen molar-refractivity contribution in [1.29, 1.82) is 0 Å². The fraction of sp³-hybridized carbons (Fsp3) is 0.176. The third-order valence-electron chi connectivity index (χ3n) is 3.29. The topological polar surface area (TPSA) is 117 Å². The number of pyridine rings is 1. The van der Waals surface area contributed by atoms with Gasteiger partial charge in [0, 0.05) is 10.7 Å². The quantitative estimate of drug-likeness (QED) is 0.627. The summed E-state index contributed by atoms with van der Waals surface area (Å²) >= 11 is 3.26. The number of anilines is 2. The van der Waals surface area contributed by atoms with E-state index >= 15 is 0 Å². The van der Waals surface area contributed by atoms with Crippen molar-refractivity contribution in [2.75, 3.05) is 30.8 Å². The van der Waals surface area contributed by atoms with Gasteiger partial charge in [-0.3, -0.25) is 19.3 Å². The predicted octanol–water partition coefficient (Wildman–Crippen LogP) is 1.45. The molecule has 0 aliphatic carbocycles. The minimum Gasteiger partial charge on any atom is -0.366 e. The molecule has 0 atom stereocenters. The first-order valence-corrected chi connectivity index (χ1v) is 8.43. The van der Waals surface area contributed by atoms with E-state index in [2.05, 4.69) is 31.5 Å². The summed E-state index contributed by atoms with van der Waals surface area (Å²) in [5.41, 5.74) is 5.84. The van der Waals surface area contributed by atoms with Crippen LogP contribution in [0.2, 0.25) is 0 Å². The molecule has 1 aromatic heterocycles. The lowest BCUT2D eigenvalue weighted by Crippen LogP contribution is -2.36. The molecule has 0 saturated carbocycles. The summed E-state index contributed by atoms with van der Waals surface area (Å²) in [7, 11) is 1.63. The summed E-state index contributed by atoms with van der Waals surface area (Å²) < 4.78 is 0.806. The van der Waals surface area contributed by atoms with Gasteiger partial charge in [-0.15, -0.1) is 0 Å². The molecule has 2 rings (SSSR count). The van der Waals surface area contributed by atoms with Crippen molar-refractivity contribution in [2.45, 2.75) is 0 Å². The van der Waals surface area contributed by atoms with Crippen molar-refractivity contribution < 1.29 is 14.4 Å². The molecular weight excluding hydrogens is 402 g/mol. The molecule has 0 radical (unpaired) electrons. The highest BCUT2D eigenvalue weighted by Crippen LogP contribution is 2.14. The Bertz CT molecular complexity index is 810. The molecule has 3 amide bonds. The van der Waals surface area contributed by atoms with Crippen molar-refractivity contribution in [3.63, 3.8) is 0 Å². The molecule has 9 heteroatoms. The van der Waals surface area contributed by atoms with E-state index in [9.17, 15) is 14.4 Å². The van der Waals surface area contributed by atoms with Gasteiger partial charge in [-0.2, -0.15) is 0 Å². The van der Waals surface area contributed by atoms with Crippen LogP contribution in [0.5, 0.6) is 0 Å². The van der Waals surface area contributed by atoms with Gasteiger partial charge in [0.1, 0.15) is 5.82 Å². The van der Waals surface area contributed by atoms with Gasteiger partial charge in [-0.1, -0.05) is 12.1 Å². The summed E-state index contributed by atoms with van der Waals surface area (Å²) in [5.74, 6) is -0.870. The Hall–Kier alpha value is -2.78. The fourth-order valence-corrected chi connectivity index (χ4v) is 2.41.